The summed E-state index contributed by atoms with van der Waals surface area (Å²) in [7, 11) is 0. The van der Waals surface area contributed by atoms with E-state index in [-0.39, 0.29) is 24.4 Å². The minimum absolute atomic E-state index is 0.00191. The molecule has 0 aliphatic carbocycles. The number of nitrogens with one attached hydrogen (secondary N) is 2. The number of H-pyrrole nitrogens is 1. The van der Waals surface area contributed by atoms with Crippen molar-refractivity contribution in [2.75, 3.05) is 6.54 Å². The molecule has 0 bridgehead atoms. The van der Waals surface area contributed by atoms with Crippen molar-refractivity contribution in [1.82, 2.24) is 10.3 Å². The van der Waals surface area contributed by atoms with Crippen LogP contribution >= 0.6 is 0 Å². The van der Waals surface area contributed by atoms with Crippen molar-refractivity contribution in [3.05, 3.63) is 34.2 Å². The molecular formula is C12H16N2O4. The molecule has 0 spiro atoms. The van der Waals surface area contributed by atoms with Crippen LogP contribution in [-0.4, -0.2) is 28.5 Å². The summed E-state index contributed by atoms with van der Waals surface area (Å²) in [5, 5.41) is 11.2. The SMILES string of the molecule is CCC(CNC(=O)c1ccc[nH]c1=O)CC(=O)O. The molecule has 0 radical (unpaired) electrons. The lowest BCUT2D eigenvalue weighted by Crippen LogP contribution is -2.33. The van der Waals surface area contributed by atoms with Gasteiger partial charge in [0, 0.05) is 19.2 Å². The molecule has 0 aliphatic rings. The fraction of sp³-hybridized carbons (Fsp3) is 0.417. The molecule has 1 heterocycles. The first-order valence-corrected chi connectivity index (χ1v) is 5.72. The van der Waals surface area contributed by atoms with Crippen LogP contribution in [0.1, 0.15) is 30.1 Å². The summed E-state index contributed by atoms with van der Waals surface area (Å²) < 4.78 is 0. The lowest BCUT2D eigenvalue weighted by atomic mass is 10.0. The van der Waals surface area contributed by atoms with E-state index in [1.807, 2.05) is 6.92 Å². The van der Waals surface area contributed by atoms with Gasteiger partial charge in [-0.1, -0.05) is 13.3 Å². The van der Waals surface area contributed by atoms with E-state index in [1.54, 1.807) is 6.07 Å². The summed E-state index contributed by atoms with van der Waals surface area (Å²) in [6.45, 7) is 2.10. The zero-order valence-electron chi connectivity index (χ0n) is 10.1. The molecule has 98 valence electrons. The summed E-state index contributed by atoms with van der Waals surface area (Å²) in [5.74, 6) is -1.51. The zero-order chi connectivity index (χ0) is 13.5. The molecule has 1 aromatic heterocycles. The number of aliphatic carboxylic acids is 1. The molecule has 0 fully saturated rings. The number of pyridine rings is 1. The third-order valence-corrected chi connectivity index (χ3v) is 2.65. The van der Waals surface area contributed by atoms with Crippen LogP contribution in [0.15, 0.2) is 23.1 Å². The van der Waals surface area contributed by atoms with Crippen LogP contribution in [0.5, 0.6) is 0 Å². The Morgan fingerprint density at radius 2 is 2.22 bits per heavy atom. The van der Waals surface area contributed by atoms with E-state index in [9.17, 15) is 14.4 Å². The summed E-state index contributed by atoms with van der Waals surface area (Å²) in [4.78, 5) is 36.0. The van der Waals surface area contributed by atoms with Crippen molar-refractivity contribution in [3.63, 3.8) is 0 Å². The van der Waals surface area contributed by atoms with E-state index in [1.165, 1.54) is 12.3 Å². The Bertz CT molecular complexity index is 481. The van der Waals surface area contributed by atoms with E-state index in [4.69, 9.17) is 5.11 Å². The normalized spacial score (nSPS) is 11.8. The van der Waals surface area contributed by atoms with Gasteiger partial charge in [0.2, 0.25) is 0 Å². The van der Waals surface area contributed by atoms with E-state index >= 15 is 0 Å². The Labute approximate surface area is 104 Å². The van der Waals surface area contributed by atoms with Gasteiger partial charge in [-0.15, -0.1) is 0 Å². The Kier molecular flexibility index (Phi) is 5.10. The Hall–Kier alpha value is -2.11. The highest BCUT2D eigenvalue weighted by atomic mass is 16.4. The Morgan fingerprint density at radius 3 is 2.78 bits per heavy atom. The minimum atomic E-state index is -0.895. The number of carboxylic acid groups (broad SMARTS) is 1. The second-order valence-corrected chi connectivity index (χ2v) is 4.00. The maximum Gasteiger partial charge on any atom is 0.303 e. The van der Waals surface area contributed by atoms with Crippen LogP contribution in [0, 0.1) is 5.92 Å². The van der Waals surface area contributed by atoms with Crippen molar-refractivity contribution in [3.8, 4) is 0 Å². The maximum absolute atomic E-state index is 11.7. The van der Waals surface area contributed by atoms with Crippen molar-refractivity contribution in [2.45, 2.75) is 19.8 Å². The first-order chi connectivity index (χ1) is 8.54. The van der Waals surface area contributed by atoms with Crippen LogP contribution in [-0.2, 0) is 4.79 Å². The standard InChI is InChI=1S/C12H16N2O4/c1-2-8(6-10(15)16)7-14-12(18)9-4-3-5-13-11(9)17/h3-5,8H,2,6-7H2,1H3,(H,13,17)(H,14,18)(H,15,16). The molecule has 0 saturated heterocycles. The van der Waals surface area contributed by atoms with Gasteiger partial charge in [-0.05, 0) is 18.1 Å². The average Bonchev–Trinajstić information content (AvgIpc) is 2.34. The summed E-state index contributed by atoms with van der Waals surface area (Å²) >= 11 is 0. The van der Waals surface area contributed by atoms with Crippen LogP contribution in [0.4, 0.5) is 0 Å². The summed E-state index contributed by atoms with van der Waals surface area (Å²) in [5.41, 5.74) is -0.427. The second kappa shape index (κ2) is 6.58. The molecule has 0 saturated carbocycles. The predicted octanol–water partition coefficient (Wildman–Crippen LogP) is 0.606. The fourth-order valence-electron chi connectivity index (χ4n) is 1.54. The third-order valence-electron chi connectivity index (χ3n) is 2.65. The molecule has 1 unspecified atom stereocenters. The lowest BCUT2D eigenvalue weighted by molar-refractivity contribution is -0.138. The highest BCUT2D eigenvalue weighted by molar-refractivity contribution is 5.93. The van der Waals surface area contributed by atoms with Gasteiger partial charge in [-0.2, -0.15) is 0 Å². The van der Waals surface area contributed by atoms with Crippen LogP contribution in [0.2, 0.25) is 0 Å². The van der Waals surface area contributed by atoms with Gasteiger partial charge < -0.3 is 15.4 Å². The Balaban J connectivity index is 2.58. The molecular weight excluding hydrogens is 236 g/mol. The number of rotatable bonds is 6. The lowest BCUT2D eigenvalue weighted by Gasteiger charge is -2.13. The van der Waals surface area contributed by atoms with Gasteiger partial charge in [-0.3, -0.25) is 14.4 Å². The number of aromatic amines is 1. The number of carbonyl (C=O) groups is 2. The number of carbonyl (C=O) groups excluding carboxylic acids is 1. The first kappa shape index (κ1) is 14.0. The van der Waals surface area contributed by atoms with E-state index < -0.39 is 17.4 Å². The van der Waals surface area contributed by atoms with Crippen LogP contribution in [0.3, 0.4) is 0 Å². The molecule has 1 amide bonds. The fourth-order valence-corrected chi connectivity index (χ4v) is 1.54. The third kappa shape index (κ3) is 4.04. The topological polar surface area (TPSA) is 99.3 Å². The molecule has 1 aromatic rings. The molecule has 1 rings (SSSR count). The summed E-state index contributed by atoms with van der Waals surface area (Å²) in [6.07, 6.45) is 2.10. The highest BCUT2D eigenvalue weighted by Crippen LogP contribution is 2.06. The quantitative estimate of drug-likeness (QED) is 0.690. The van der Waals surface area contributed by atoms with Crippen molar-refractivity contribution in [2.24, 2.45) is 5.92 Å². The number of hydrogen-bond acceptors (Lipinski definition) is 3. The molecule has 6 heteroatoms. The molecule has 3 N–H and O–H groups in total. The van der Waals surface area contributed by atoms with Gasteiger partial charge in [0.05, 0.1) is 0 Å². The van der Waals surface area contributed by atoms with Gasteiger partial charge in [0.15, 0.2) is 0 Å². The summed E-state index contributed by atoms with van der Waals surface area (Å²) in [6, 6.07) is 2.98. The van der Waals surface area contributed by atoms with Gasteiger partial charge in [0.25, 0.3) is 11.5 Å². The van der Waals surface area contributed by atoms with Crippen LogP contribution < -0.4 is 10.9 Å². The maximum atomic E-state index is 11.7. The van der Waals surface area contributed by atoms with Gasteiger partial charge >= 0.3 is 5.97 Å². The van der Waals surface area contributed by atoms with E-state index in [0.29, 0.717) is 6.42 Å². The van der Waals surface area contributed by atoms with Crippen LogP contribution in [0.25, 0.3) is 0 Å². The number of carboxylic acids is 1. The average molecular weight is 252 g/mol. The predicted molar refractivity (Wildman–Crippen MR) is 65.4 cm³/mol. The molecule has 1 atom stereocenters. The van der Waals surface area contributed by atoms with Crippen molar-refractivity contribution < 1.29 is 14.7 Å². The zero-order valence-corrected chi connectivity index (χ0v) is 10.1. The van der Waals surface area contributed by atoms with Gasteiger partial charge in [-0.25, -0.2) is 0 Å². The molecule has 0 aliphatic heterocycles. The molecule has 18 heavy (non-hydrogen) atoms. The molecule has 0 aromatic carbocycles. The number of aromatic nitrogens is 1. The largest absolute Gasteiger partial charge is 0.481 e. The Morgan fingerprint density at radius 1 is 1.50 bits per heavy atom. The second-order valence-electron chi connectivity index (χ2n) is 4.00. The number of amides is 1. The van der Waals surface area contributed by atoms with Gasteiger partial charge in [0.1, 0.15) is 5.56 Å². The monoisotopic (exact) mass is 252 g/mol. The van der Waals surface area contributed by atoms with E-state index in [2.05, 4.69) is 10.3 Å². The van der Waals surface area contributed by atoms with Crippen molar-refractivity contribution in [1.29, 1.82) is 0 Å². The van der Waals surface area contributed by atoms with E-state index in [0.717, 1.165) is 0 Å². The first-order valence-electron chi connectivity index (χ1n) is 5.72. The molecule has 6 nitrogen and oxygen atoms in total. The number of hydrogen-bond donors (Lipinski definition) is 3. The smallest absolute Gasteiger partial charge is 0.303 e. The highest BCUT2D eigenvalue weighted by Gasteiger charge is 2.14. The minimum Gasteiger partial charge on any atom is -0.481 e. The van der Waals surface area contributed by atoms with Crippen molar-refractivity contribution >= 4 is 11.9 Å².